The van der Waals surface area contributed by atoms with Gasteiger partial charge in [-0.25, -0.2) is 4.98 Å². The lowest BCUT2D eigenvalue weighted by Crippen LogP contribution is -2.31. The van der Waals surface area contributed by atoms with Crippen LogP contribution in [0.25, 0.3) is 11.4 Å². The number of benzene rings is 1. The van der Waals surface area contributed by atoms with Gasteiger partial charge >= 0.3 is 0 Å². The fraction of sp³-hybridized carbons (Fsp3) is 0.522. The summed E-state index contributed by atoms with van der Waals surface area (Å²) in [6.45, 7) is 3.56. The van der Waals surface area contributed by atoms with Crippen LogP contribution in [0.2, 0.25) is 0 Å². The van der Waals surface area contributed by atoms with E-state index in [4.69, 9.17) is 14.7 Å². The minimum absolute atomic E-state index is 0.0391. The zero-order chi connectivity index (χ0) is 19.3. The van der Waals surface area contributed by atoms with Crippen molar-refractivity contribution in [2.75, 3.05) is 13.2 Å². The van der Waals surface area contributed by atoms with Crippen LogP contribution in [0, 0.1) is 11.8 Å². The second kappa shape index (κ2) is 8.72. The first kappa shape index (κ1) is 18.9. The molecule has 1 heterocycles. The van der Waals surface area contributed by atoms with E-state index in [2.05, 4.69) is 12.2 Å². The van der Waals surface area contributed by atoms with Crippen molar-refractivity contribution in [1.82, 2.24) is 15.3 Å². The number of nitrogens with zero attached hydrogens (tertiary/aromatic N) is 2. The molecule has 2 aromatic rings. The number of hydrogen-bond acceptors (Lipinski definition) is 4. The van der Waals surface area contributed by atoms with Crippen molar-refractivity contribution >= 4 is 5.91 Å². The highest BCUT2D eigenvalue weighted by Crippen LogP contribution is 2.34. The number of aromatic nitrogens is 2. The number of ether oxygens (including phenoxy) is 1. The number of carbonyl (C=O) groups excluding carboxylic acids is 1. The molecule has 0 radical (unpaired) electrons. The first-order valence-electron chi connectivity index (χ1n) is 10.6. The third-order valence-corrected chi connectivity index (χ3v) is 5.63. The molecular formula is C23H29N3O2. The van der Waals surface area contributed by atoms with E-state index in [1.54, 1.807) is 0 Å². The monoisotopic (exact) mass is 379 g/mol. The number of carbonyl (C=O) groups is 1. The lowest BCUT2D eigenvalue weighted by molar-refractivity contribution is -0.125. The second-order valence-electron chi connectivity index (χ2n) is 7.96. The minimum atomic E-state index is 0.0391. The summed E-state index contributed by atoms with van der Waals surface area (Å²) in [4.78, 5) is 22.1. The summed E-state index contributed by atoms with van der Waals surface area (Å²) in [5, 5.41) is 3.05. The molecule has 148 valence electrons. The molecule has 1 saturated carbocycles. The summed E-state index contributed by atoms with van der Waals surface area (Å²) in [5.74, 6) is 2.33. The summed E-state index contributed by atoms with van der Waals surface area (Å²) < 4.78 is 6.16. The molecule has 0 aliphatic heterocycles. The van der Waals surface area contributed by atoms with E-state index in [9.17, 15) is 4.79 Å². The average Bonchev–Trinajstić information content (AvgIpc) is 3.57. The highest BCUT2D eigenvalue weighted by Gasteiger charge is 2.28. The van der Waals surface area contributed by atoms with Crippen molar-refractivity contribution in [3.05, 3.63) is 41.6 Å². The van der Waals surface area contributed by atoms with Crippen molar-refractivity contribution in [3.8, 4) is 17.3 Å². The average molecular weight is 380 g/mol. The smallest absolute Gasteiger partial charge is 0.223 e. The summed E-state index contributed by atoms with van der Waals surface area (Å²) in [7, 11) is 0. The molecule has 1 unspecified atom stereocenters. The summed E-state index contributed by atoms with van der Waals surface area (Å²) in [6.07, 6.45) is 6.71. The molecule has 1 fully saturated rings. The third-order valence-electron chi connectivity index (χ3n) is 5.63. The molecule has 4 rings (SSSR count). The van der Waals surface area contributed by atoms with Gasteiger partial charge in [-0.15, -0.1) is 0 Å². The Morgan fingerprint density at radius 1 is 1.11 bits per heavy atom. The van der Waals surface area contributed by atoms with Crippen LogP contribution in [-0.4, -0.2) is 29.0 Å². The Labute approximate surface area is 166 Å². The van der Waals surface area contributed by atoms with Gasteiger partial charge in [0.25, 0.3) is 0 Å². The predicted octanol–water partition coefficient (Wildman–Crippen LogP) is 3.95. The van der Waals surface area contributed by atoms with Crippen molar-refractivity contribution in [2.24, 2.45) is 11.8 Å². The Morgan fingerprint density at radius 2 is 1.89 bits per heavy atom. The third kappa shape index (κ3) is 4.51. The van der Waals surface area contributed by atoms with Crippen LogP contribution >= 0.6 is 0 Å². The molecule has 1 aromatic heterocycles. The van der Waals surface area contributed by atoms with Gasteiger partial charge in [0.1, 0.15) is 0 Å². The van der Waals surface area contributed by atoms with Gasteiger partial charge in [0.15, 0.2) is 5.82 Å². The fourth-order valence-electron chi connectivity index (χ4n) is 3.71. The minimum Gasteiger partial charge on any atom is -0.477 e. The van der Waals surface area contributed by atoms with Gasteiger partial charge < -0.3 is 10.1 Å². The lowest BCUT2D eigenvalue weighted by Gasteiger charge is -2.14. The van der Waals surface area contributed by atoms with Gasteiger partial charge in [-0.2, -0.15) is 4.98 Å². The number of amides is 1. The molecule has 0 bridgehead atoms. The Hall–Kier alpha value is -2.43. The highest BCUT2D eigenvalue weighted by molar-refractivity contribution is 5.78. The van der Waals surface area contributed by atoms with E-state index in [1.807, 2.05) is 30.3 Å². The molecule has 2 aliphatic rings. The van der Waals surface area contributed by atoms with E-state index >= 15 is 0 Å². The molecule has 5 nitrogen and oxygen atoms in total. The van der Waals surface area contributed by atoms with Crippen LogP contribution < -0.4 is 10.1 Å². The Morgan fingerprint density at radius 3 is 2.64 bits per heavy atom. The largest absolute Gasteiger partial charge is 0.477 e. The summed E-state index contributed by atoms with van der Waals surface area (Å²) in [5.41, 5.74) is 3.15. The molecule has 0 saturated heterocycles. The number of nitrogens with one attached hydrogen (secondary N) is 1. The van der Waals surface area contributed by atoms with Crippen molar-refractivity contribution in [2.45, 2.75) is 51.9 Å². The maximum Gasteiger partial charge on any atom is 0.223 e. The molecule has 1 aromatic carbocycles. The van der Waals surface area contributed by atoms with Crippen LogP contribution in [0.1, 0.15) is 50.3 Å². The van der Waals surface area contributed by atoms with Gasteiger partial charge in [0.05, 0.1) is 12.3 Å². The lowest BCUT2D eigenvalue weighted by atomic mass is 9.99. The molecule has 1 N–H and O–H groups in total. The number of fused-ring (bicyclic) bond motifs is 1. The number of aryl methyl sites for hydroxylation is 1. The Bertz CT molecular complexity index is 818. The molecule has 2 aliphatic carbocycles. The first-order chi connectivity index (χ1) is 13.7. The summed E-state index contributed by atoms with van der Waals surface area (Å²) >= 11 is 0. The van der Waals surface area contributed by atoms with Crippen LogP contribution in [0.5, 0.6) is 5.88 Å². The van der Waals surface area contributed by atoms with E-state index in [0.29, 0.717) is 5.92 Å². The first-order valence-corrected chi connectivity index (χ1v) is 10.6. The van der Waals surface area contributed by atoms with E-state index in [1.165, 1.54) is 12.8 Å². The maximum atomic E-state index is 12.5. The van der Waals surface area contributed by atoms with E-state index in [0.717, 1.165) is 73.8 Å². The van der Waals surface area contributed by atoms with Crippen LogP contribution in [0.15, 0.2) is 30.3 Å². The molecular weight excluding hydrogens is 350 g/mol. The van der Waals surface area contributed by atoms with Gasteiger partial charge in [-0.3, -0.25) is 4.79 Å². The molecule has 1 amide bonds. The van der Waals surface area contributed by atoms with Gasteiger partial charge in [-0.1, -0.05) is 37.3 Å². The normalized spacial score (nSPS) is 18.8. The molecule has 0 spiro atoms. The van der Waals surface area contributed by atoms with Gasteiger partial charge in [0.2, 0.25) is 11.8 Å². The van der Waals surface area contributed by atoms with Gasteiger partial charge in [-0.05, 0) is 50.9 Å². The molecule has 5 heteroatoms. The number of hydrogen-bond donors (Lipinski definition) is 1. The predicted molar refractivity (Wildman–Crippen MR) is 109 cm³/mol. The van der Waals surface area contributed by atoms with Crippen molar-refractivity contribution < 1.29 is 9.53 Å². The van der Waals surface area contributed by atoms with Crippen LogP contribution in [0.3, 0.4) is 0 Å². The second-order valence-corrected chi connectivity index (χ2v) is 7.96. The van der Waals surface area contributed by atoms with Crippen molar-refractivity contribution in [1.29, 1.82) is 0 Å². The standard InChI is InChI=1S/C23H29N3O2/c1-2-14-24-22(27)18-10-12-19-20(13-11-18)25-21(17-6-4-3-5-7-17)26-23(19)28-15-16-8-9-16/h3-7,16,18H,2,8-15H2,1H3,(H,24,27). The fourth-order valence-corrected chi connectivity index (χ4v) is 3.71. The topological polar surface area (TPSA) is 64.1 Å². The number of rotatable bonds is 7. The van der Waals surface area contributed by atoms with Crippen LogP contribution in [-0.2, 0) is 17.6 Å². The maximum absolute atomic E-state index is 12.5. The van der Waals surface area contributed by atoms with Gasteiger partial charge in [0, 0.05) is 23.6 Å². The van der Waals surface area contributed by atoms with Crippen molar-refractivity contribution in [3.63, 3.8) is 0 Å². The Kier molecular flexibility index (Phi) is 5.89. The Balaban J connectivity index is 1.59. The highest BCUT2D eigenvalue weighted by atomic mass is 16.5. The molecule has 28 heavy (non-hydrogen) atoms. The summed E-state index contributed by atoms with van der Waals surface area (Å²) in [6, 6.07) is 10.1. The molecule has 1 atom stereocenters. The zero-order valence-electron chi connectivity index (χ0n) is 16.6. The quantitative estimate of drug-likeness (QED) is 0.740. The van der Waals surface area contributed by atoms with E-state index in [-0.39, 0.29) is 11.8 Å². The van der Waals surface area contributed by atoms with E-state index < -0.39 is 0 Å². The van der Waals surface area contributed by atoms with Crippen LogP contribution in [0.4, 0.5) is 0 Å². The zero-order valence-corrected chi connectivity index (χ0v) is 16.6. The SMILES string of the molecule is CCCNC(=O)C1CCc2nc(-c3ccccc3)nc(OCC3CC3)c2CC1.